The van der Waals surface area contributed by atoms with Crippen LogP contribution in [0.2, 0.25) is 0 Å². The van der Waals surface area contributed by atoms with Crippen LogP contribution in [0.5, 0.6) is 0 Å². The topological polar surface area (TPSA) is 152 Å². The molecule has 0 radical (unpaired) electrons. The van der Waals surface area contributed by atoms with Crippen molar-refractivity contribution in [3.8, 4) is 0 Å². The predicted octanol–water partition coefficient (Wildman–Crippen LogP) is 1.93. The standard InChI is InChI=1S/C27H40NO11/c1-18(30)19(2)38-24(32)20(3)39-26(34)37-17-27(5,16-36-21(4)31)25(33)35-15-23-10-8-22(9-11-23)14-28(6,7)12-13-29/h8-11,19-20,29H,12-17H2,1-7H3/q+1. The Labute approximate surface area is 228 Å². The van der Waals surface area contributed by atoms with E-state index in [2.05, 4.69) is 0 Å². The van der Waals surface area contributed by atoms with E-state index in [1.165, 1.54) is 27.7 Å². The van der Waals surface area contributed by atoms with Crippen molar-refractivity contribution in [1.82, 2.24) is 0 Å². The Hall–Kier alpha value is -3.51. The summed E-state index contributed by atoms with van der Waals surface area (Å²) < 4.78 is 25.8. The van der Waals surface area contributed by atoms with Crippen molar-refractivity contribution < 1.29 is 57.2 Å². The molecule has 0 fully saturated rings. The first-order chi connectivity index (χ1) is 18.1. The number of likely N-dealkylation sites (N-methyl/N-ethyl adjacent to an activating group) is 1. The van der Waals surface area contributed by atoms with E-state index < -0.39 is 54.9 Å². The number of hydrogen-bond acceptors (Lipinski definition) is 11. The third-order valence-electron chi connectivity index (χ3n) is 5.77. The second-order valence-electron chi connectivity index (χ2n) is 10.3. The van der Waals surface area contributed by atoms with Crippen LogP contribution in [0.25, 0.3) is 0 Å². The van der Waals surface area contributed by atoms with E-state index in [0.29, 0.717) is 23.1 Å². The summed E-state index contributed by atoms with van der Waals surface area (Å²) in [6.07, 6.45) is -3.65. The number of ether oxygens (including phenoxy) is 5. The van der Waals surface area contributed by atoms with Crippen molar-refractivity contribution in [3.63, 3.8) is 0 Å². The number of Topliss-reactive ketones (excluding diaryl/α,β-unsaturated/α-hetero) is 1. The van der Waals surface area contributed by atoms with Crippen LogP contribution in [-0.4, -0.2) is 92.1 Å². The van der Waals surface area contributed by atoms with Gasteiger partial charge in [-0.3, -0.25) is 14.4 Å². The van der Waals surface area contributed by atoms with Gasteiger partial charge in [0.05, 0.1) is 20.7 Å². The lowest BCUT2D eigenvalue weighted by Crippen LogP contribution is -2.41. The molecule has 0 aromatic heterocycles. The fourth-order valence-electron chi connectivity index (χ4n) is 3.13. The van der Waals surface area contributed by atoms with E-state index in [-0.39, 0.29) is 19.0 Å². The van der Waals surface area contributed by atoms with Crippen molar-refractivity contribution in [1.29, 1.82) is 0 Å². The number of benzene rings is 1. The molecular weight excluding hydrogens is 514 g/mol. The maximum absolute atomic E-state index is 12.9. The van der Waals surface area contributed by atoms with Crippen LogP contribution in [0.15, 0.2) is 24.3 Å². The highest BCUT2D eigenvalue weighted by Gasteiger charge is 2.39. The van der Waals surface area contributed by atoms with Gasteiger partial charge < -0.3 is 33.3 Å². The largest absolute Gasteiger partial charge is 0.509 e. The molecule has 0 saturated heterocycles. The summed E-state index contributed by atoms with van der Waals surface area (Å²) >= 11 is 0. The predicted molar refractivity (Wildman–Crippen MR) is 137 cm³/mol. The van der Waals surface area contributed by atoms with Gasteiger partial charge in [0, 0.05) is 12.5 Å². The highest BCUT2D eigenvalue weighted by atomic mass is 16.7. The Morgan fingerprint density at radius 1 is 0.872 bits per heavy atom. The average molecular weight is 555 g/mol. The van der Waals surface area contributed by atoms with Gasteiger partial charge in [0.15, 0.2) is 18.0 Å². The SMILES string of the molecule is CC(=O)OCC(C)(COC(=O)OC(C)C(=O)OC(C)C(C)=O)C(=O)OCc1ccc(C[N+](C)(C)CCO)cc1. The summed E-state index contributed by atoms with van der Waals surface area (Å²) in [5.41, 5.74) is 0.189. The Kier molecular flexibility index (Phi) is 13.0. The van der Waals surface area contributed by atoms with Gasteiger partial charge in [0.1, 0.15) is 38.3 Å². The third kappa shape index (κ3) is 12.3. The number of ketones is 1. The monoisotopic (exact) mass is 554 g/mol. The molecule has 1 N–H and O–H groups in total. The number of carbonyl (C=O) groups is 5. The molecule has 0 amide bonds. The van der Waals surface area contributed by atoms with Crippen molar-refractivity contribution in [2.45, 2.75) is 60.0 Å². The zero-order valence-corrected chi connectivity index (χ0v) is 23.7. The number of nitrogens with zero attached hydrogens (tertiary/aromatic N) is 1. The minimum Gasteiger partial charge on any atom is -0.465 e. The lowest BCUT2D eigenvalue weighted by Gasteiger charge is -2.29. The summed E-state index contributed by atoms with van der Waals surface area (Å²) in [6, 6.07) is 7.43. The molecule has 12 heteroatoms. The average Bonchev–Trinajstić information content (AvgIpc) is 2.85. The first kappa shape index (κ1) is 33.5. The van der Waals surface area contributed by atoms with E-state index in [4.69, 9.17) is 23.7 Å². The summed E-state index contributed by atoms with van der Waals surface area (Å²) in [6.45, 7) is 6.74. The van der Waals surface area contributed by atoms with Gasteiger partial charge in [-0.2, -0.15) is 0 Å². The van der Waals surface area contributed by atoms with Gasteiger partial charge in [-0.25, -0.2) is 9.59 Å². The number of aliphatic hydroxyl groups is 1. The van der Waals surface area contributed by atoms with Crippen LogP contribution in [0.3, 0.4) is 0 Å². The van der Waals surface area contributed by atoms with Crippen LogP contribution in [0, 0.1) is 5.41 Å². The fourth-order valence-corrected chi connectivity index (χ4v) is 3.13. The highest BCUT2D eigenvalue weighted by molar-refractivity contribution is 5.84. The van der Waals surface area contributed by atoms with Crippen molar-refractivity contribution in [2.75, 3.05) is 40.5 Å². The number of quaternary nitrogens is 1. The maximum Gasteiger partial charge on any atom is 0.509 e. The molecule has 0 aliphatic carbocycles. The zero-order valence-electron chi connectivity index (χ0n) is 23.7. The van der Waals surface area contributed by atoms with Gasteiger partial charge in [-0.15, -0.1) is 0 Å². The molecular formula is C27H40NO11+. The smallest absolute Gasteiger partial charge is 0.465 e. The zero-order chi connectivity index (χ0) is 29.8. The highest BCUT2D eigenvalue weighted by Crippen LogP contribution is 2.22. The van der Waals surface area contributed by atoms with Crippen LogP contribution in [0.4, 0.5) is 4.79 Å². The number of aliphatic hydroxyl groups excluding tert-OH is 1. The molecule has 0 spiro atoms. The third-order valence-corrected chi connectivity index (χ3v) is 5.77. The second-order valence-corrected chi connectivity index (χ2v) is 10.3. The lowest BCUT2D eigenvalue weighted by atomic mass is 9.93. The normalized spacial score (nSPS) is 14.3. The van der Waals surface area contributed by atoms with E-state index in [0.717, 1.165) is 12.5 Å². The van der Waals surface area contributed by atoms with Gasteiger partial charge in [0.2, 0.25) is 0 Å². The quantitative estimate of drug-likeness (QED) is 0.192. The molecule has 12 nitrogen and oxygen atoms in total. The molecule has 0 aliphatic heterocycles. The van der Waals surface area contributed by atoms with Gasteiger partial charge in [-0.1, -0.05) is 24.3 Å². The van der Waals surface area contributed by atoms with Gasteiger partial charge in [-0.05, 0) is 33.3 Å². The summed E-state index contributed by atoms with van der Waals surface area (Å²) in [5, 5.41) is 9.20. The van der Waals surface area contributed by atoms with E-state index >= 15 is 0 Å². The van der Waals surface area contributed by atoms with Crippen molar-refractivity contribution >= 4 is 29.8 Å². The molecule has 3 atom stereocenters. The molecule has 1 rings (SSSR count). The minimum atomic E-state index is -1.57. The van der Waals surface area contributed by atoms with Crippen molar-refractivity contribution in [2.24, 2.45) is 5.41 Å². The number of carbonyl (C=O) groups excluding carboxylic acids is 5. The molecule has 39 heavy (non-hydrogen) atoms. The van der Waals surface area contributed by atoms with Gasteiger partial charge >= 0.3 is 24.1 Å². The van der Waals surface area contributed by atoms with Crippen molar-refractivity contribution in [3.05, 3.63) is 35.4 Å². The van der Waals surface area contributed by atoms with Crippen LogP contribution in [-0.2, 0) is 56.0 Å². The Bertz CT molecular complexity index is 1010. The number of hydrogen-bond donors (Lipinski definition) is 1. The maximum atomic E-state index is 12.9. The summed E-state index contributed by atoms with van der Waals surface area (Å²) in [5.74, 6) is -2.76. The molecule has 0 aliphatic rings. The summed E-state index contributed by atoms with van der Waals surface area (Å²) in [4.78, 5) is 59.6. The van der Waals surface area contributed by atoms with Crippen LogP contribution in [0.1, 0.15) is 45.7 Å². The first-order valence-corrected chi connectivity index (χ1v) is 12.4. The molecule has 0 saturated carbocycles. The molecule has 0 heterocycles. The summed E-state index contributed by atoms with van der Waals surface area (Å²) in [7, 11) is 4.02. The lowest BCUT2D eigenvalue weighted by molar-refractivity contribution is -0.903. The molecule has 3 unspecified atom stereocenters. The molecule has 1 aromatic carbocycles. The first-order valence-electron chi connectivity index (χ1n) is 12.4. The Morgan fingerprint density at radius 3 is 1.97 bits per heavy atom. The van der Waals surface area contributed by atoms with E-state index in [1.807, 2.05) is 38.4 Å². The molecule has 218 valence electrons. The van der Waals surface area contributed by atoms with E-state index in [1.54, 1.807) is 0 Å². The number of rotatable bonds is 15. The molecule has 0 bridgehead atoms. The van der Waals surface area contributed by atoms with E-state index in [9.17, 15) is 29.1 Å². The van der Waals surface area contributed by atoms with Gasteiger partial charge in [0.25, 0.3) is 0 Å². The Morgan fingerprint density at radius 2 is 1.44 bits per heavy atom. The fraction of sp³-hybridized carbons (Fsp3) is 0.593. The minimum absolute atomic E-state index is 0.0781. The van der Waals surface area contributed by atoms with Crippen LogP contribution >= 0.6 is 0 Å². The van der Waals surface area contributed by atoms with Crippen LogP contribution < -0.4 is 0 Å². The number of esters is 3. The second kappa shape index (κ2) is 15.2. The Balaban J connectivity index is 2.76. The molecule has 1 aromatic rings.